The first-order valence-electron chi connectivity index (χ1n) is 5.88. The number of aromatic nitrogens is 1. The van der Waals surface area contributed by atoms with E-state index in [1.165, 1.54) is 16.8 Å². The molecule has 0 aliphatic rings. The zero-order valence-electron chi connectivity index (χ0n) is 10.8. The van der Waals surface area contributed by atoms with Crippen molar-refractivity contribution in [2.45, 2.75) is 20.4 Å². The molecule has 0 N–H and O–H groups in total. The molecule has 0 atom stereocenters. The van der Waals surface area contributed by atoms with Gasteiger partial charge in [0, 0.05) is 11.6 Å². The summed E-state index contributed by atoms with van der Waals surface area (Å²) in [6.07, 6.45) is 1.30. The molecule has 0 aliphatic heterocycles. The lowest BCUT2D eigenvalue weighted by Gasteiger charge is -2.07. The summed E-state index contributed by atoms with van der Waals surface area (Å²) in [4.78, 5) is 22.2. The SMILES string of the molecule is Cc1ccc(Cn2cc([N+](=O)[O-])c(C)cc2=O)cc1. The number of rotatable bonds is 3. The van der Waals surface area contributed by atoms with Gasteiger partial charge in [-0.15, -0.1) is 0 Å². The van der Waals surface area contributed by atoms with Gasteiger partial charge < -0.3 is 4.57 Å². The Morgan fingerprint density at radius 2 is 1.84 bits per heavy atom. The predicted octanol–water partition coefficient (Wildman–Crippen LogP) is 2.42. The molecule has 0 saturated carbocycles. The molecule has 1 aromatic heterocycles. The van der Waals surface area contributed by atoms with Gasteiger partial charge in [-0.2, -0.15) is 0 Å². The minimum absolute atomic E-state index is 0.0355. The Labute approximate surface area is 110 Å². The number of hydrogen-bond donors (Lipinski definition) is 0. The van der Waals surface area contributed by atoms with Crippen molar-refractivity contribution in [3.63, 3.8) is 0 Å². The molecule has 0 amide bonds. The molecule has 1 heterocycles. The first-order valence-corrected chi connectivity index (χ1v) is 5.88. The molecule has 0 unspecified atom stereocenters. The van der Waals surface area contributed by atoms with Crippen LogP contribution in [0.4, 0.5) is 5.69 Å². The highest BCUT2D eigenvalue weighted by Crippen LogP contribution is 2.15. The summed E-state index contributed by atoms with van der Waals surface area (Å²) in [7, 11) is 0. The van der Waals surface area contributed by atoms with Gasteiger partial charge in [-0.25, -0.2) is 0 Å². The van der Waals surface area contributed by atoms with Crippen LogP contribution in [-0.2, 0) is 6.54 Å². The second kappa shape index (κ2) is 5.06. The van der Waals surface area contributed by atoms with Gasteiger partial charge in [0.25, 0.3) is 11.2 Å². The topological polar surface area (TPSA) is 65.1 Å². The number of nitro groups is 1. The maximum atomic E-state index is 11.8. The van der Waals surface area contributed by atoms with Crippen molar-refractivity contribution in [2.75, 3.05) is 0 Å². The molecule has 0 saturated heterocycles. The third-order valence-corrected chi connectivity index (χ3v) is 2.98. The Balaban J connectivity index is 2.40. The van der Waals surface area contributed by atoms with E-state index < -0.39 is 4.92 Å². The van der Waals surface area contributed by atoms with Gasteiger partial charge in [-0.1, -0.05) is 29.8 Å². The number of nitrogens with zero attached hydrogens (tertiary/aromatic N) is 2. The van der Waals surface area contributed by atoms with Gasteiger partial charge in [0.15, 0.2) is 0 Å². The molecule has 0 aliphatic carbocycles. The van der Waals surface area contributed by atoms with Crippen LogP contribution in [0.1, 0.15) is 16.7 Å². The third kappa shape index (κ3) is 2.88. The molecular weight excluding hydrogens is 244 g/mol. The van der Waals surface area contributed by atoms with Crippen molar-refractivity contribution in [1.82, 2.24) is 4.57 Å². The molecule has 0 fully saturated rings. The fourth-order valence-corrected chi connectivity index (χ4v) is 1.86. The van der Waals surface area contributed by atoms with Crippen LogP contribution in [0.2, 0.25) is 0 Å². The number of hydrogen-bond acceptors (Lipinski definition) is 3. The summed E-state index contributed by atoms with van der Waals surface area (Å²) in [5, 5.41) is 10.9. The van der Waals surface area contributed by atoms with Gasteiger partial charge in [0.1, 0.15) is 0 Å². The van der Waals surface area contributed by atoms with E-state index in [4.69, 9.17) is 0 Å². The second-order valence-corrected chi connectivity index (χ2v) is 4.55. The molecule has 0 bridgehead atoms. The Morgan fingerprint density at radius 1 is 1.21 bits per heavy atom. The fraction of sp³-hybridized carbons (Fsp3) is 0.214. The van der Waals surface area contributed by atoms with Crippen LogP contribution in [-0.4, -0.2) is 9.49 Å². The molecule has 19 heavy (non-hydrogen) atoms. The van der Waals surface area contributed by atoms with Gasteiger partial charge in [0.2, 0.25) is 0 Å². The Bertz CT molecular complexity index is 672. The molecular formula is C14H14N2O3. The molecule has 0 radical (unpaired) electrons. The van der Waals surface area contributed by atoms with Crippen LogP contribution in [0.25, 0.3) is 0 Å². The van der Waals surface area contributed by atoms with Gasteiger partial charge in [0.05, 0.1) is 17.7 Å². The zero-order valence-corrected chi connectivity index (χ0v) is 10.8. The number of pyridine rings is 1. The van der Waals surface area contributed by atoms with Crippen LogP contribution in [0.15, 0.2) is 41.3 Å². The van der Waals surface area contributed by atoms with Crippen LogP contribution in [0.3, 0.4) is 0 Å². The lowest BCUT2D eigenvalue weighted by Crippen LogP contribution is -2.20. The van der Waals surface area contributed by atoms with Crippen molar-refractivity contribution in [2.24, 2.45) is 0 Å². The Morgan fingerprint density at radius 3 is 2.42 bits per heavy atom. The minimum Gasteiger partial charge on any atom is -0.304 e. The van der Waals surface area contributed by atoms with Crippen LogP contribution >= 0.6 is 0 Å². The third-order valence-electron chi connectivity index (χ3n) is 2.98. The van der Waals surface area contributed by atoms with E-state index in [0.29, 0.717) is 12.1 Å². The first kappa shape index (κ1) is 13.0. The van der Waals surface area contributed by atoms with Crippen molar-refractivity contribution in [3.8, 4) is 0 Å². The summed E-state index contributed by atoms with van der Waals surface area (Å²) < 4.78 is 1.36. The van der Waals surface area contributed by atoms with E-state index in [1.807, 2.05) is 31.2 Å². The highest BCUT2D eigenvalue weighted by atomic mass is 16.6. The Hall–Kier alpha value is -2.43. The van der Waals surface area contributed by atoms with Gasteiger partial charge >= 0.3 is 0 Å². The average molecular weight is 258 g/mol. The standard InChI is InChI=1S/C14H14N2O3/c1-10-3-5-12(6-4-10)8-15-9-13(16(18)19)11(2)7-14(15)17/h3-7,9H,8H2,1-2H3. The van der Waals surface area contributed by atoms with Crippen LogP contribution in [0.5, 0.6) is 0 Å². The molecule has 98 valence electrons. The van der Waals surface area contributed by atoms with E-state index >= 15 is 0 Å². The Kier molecular flexibility index (Phi) is 3.46. The highest BCUT2D eigenvalue weighted by molar-refractivity contribution is 5.36. The van der Waals surface area contributed by atoms with Crippen molar-refractivity contribution < 1.29 is 4.92 Å². The van der Waals surface area contributed by atoms with Crippen molar-refractivity contribution in [3.05, 3.63) is 73.7 Å². The first-order chi connectivity index (χ1) is 8.97. The lowest BCUT2D eigenvalue weighted by atomic mass is 10.1. The van der Waals surface area contributed by atoms with Crippen molar-refractivity contribution >= 4 is 5.69 Å². The van der Waals surface area contributed by atoms with Gasteiger partial charge in [-0.05, 0) is 19.4 Å². The molecule has 2 aromatic rings. The van der Waals surface area contributed by atoms with Crippen LogP contribution in [0, 0.1) is 24.0 Å². The van der Waals surface area contributed by atoms with E-state index in [1.54, 1.807) is 6.92 Å². The molecule has 2 rings (SSSR count). The monoisotopic (exact) mass is 258 g/mol. The number of aryl methyl sites for hydroxylation is 2. The quantitative estimate of drug-likeness (QED) is 0.627. The molecule has 5 heteroatoms. The van der Waals surface area contributed by atoms with Gasteiger partial charge in [-0.3, -0.25) is 14.9 Å². The predicted molar refractivity (Wildman–Crippen MR) is 72.4 cm³/mol. The molecule has 5 nitrogen and oxygen atoms in total. The fourth-order valence-electron chi connectivity index (χ4n) is 1.86. The minimum atomic E-state index is -0.472. The zero-order chi connectivity index (χ0) is 14.0. The van der Waals surface area contributed by atoms with E-state index in [-0.39, 0.29) is 11.2 Å². The highest BCUT2D eigenvalue weighted by Gasteiger charge is 2.13. The maximum absolute atomic E-state index is 11.8. The largest absolute Gasteiger partial charge is 0.304 e. The maximum Gasteiger partial charge on any atom is 0.288 e. The average Bonchev–Trinajstić information content (AvgIpc) is 2.34. The summed E-state index contributed by atoms with van der Waals surface area (Å²) >= 11 is 0. The van der Waals surface area contributed by atoms with E-state index in [9.17, 15) is 14.9 Å². The van der Waals surface area contributed by atoms with E-state index in [0.717, 1.165) is 11.1 Å². The van der Waals surface area contributed by atoms with Crippen molar-refractivity contribution in [1.29, 1.82) is 0 Å². The van der Waals surface area contributed by atoms with Crippen LogP contribution < -0.4 is 5.56 Å². The summed E-state index contributed by atoms with van der Waals surface area (Å²) in [5.74, 6) is 0. The number of benzene rings is 1. The summed E-state index contributed by atoms with van der Waals surface area (Å²) in [6.45, 7) is 3.88. The summed E-state index contributed by atoms with van der Waals surface area (Å²) in [5.41, 5.74) is 2.18. The smallest absolute Gasteiger partial charge is 0.288 e. The molecule has 0 spiro atoms. The second-order valence-electron chi connectivity index (χ2n) is 4.55. The lowest BCUT2D eigenvalue weighted by molar-refractivity contribution is -0.385. The van der Waals surface area contributed by atoms with E-state index in [2.05, 4.69) is 0 Å². The molecule has 1 aromatic carbocycles. The normalized spacial score (nSPS) is 10.4. The summed E-state index contributed by atoms with van der Waals surface area (Å²) in [6, 6.07) is 9.01.